The van der Waals surface area contributed by atoms with Crippen molar-refractivity contribution in [1.82, 2.24) is 4.57 Å². The summed E-state index contributed by atoms with van der Waals surface area (Å²) in [4.78, 5) is 25.5. The molecule has 0 radical (unpaired) electrons. The van der Waals surface area contributed by atoms with Gasteiger partial charge in [-0.1, -0.05) is 54.1 Å². The summed E-state index contributed by atoms with van der Waals surface area (Å²) in [5.74, 6) is -0.449. The number of hydrogen-bond donors (Lipinski definition) is 1. The van der Waals surface area contributed by atoms with Crippen LogP contribution in [0.25, 0.3) is 0 Å². The lowest BCUT2D eigenvalue weighted by Gasteiger charge is -2.18. The highest BCUT2D eigenvalue weighted by Gasteiger charge is 2.19. The number of anilines is 1. The zero-order valence-electron chi connectivity index (χ0n) is 15.5. The van der Waals surface area contributed by atoms with Crippen molar-refractivity contribution in [2.75, 3.05) is 5.32 Å². The smallest absolute Gasteiger partial charge is 0.261 e. The zero-order chi connectivity index (χ0) is 19.6. The summed E-state index contributed by atoms with van der Waals surface area (Å²) in [6.45, 7) is 6.12. The molecule has 1 amide bonds. The van der Waals surface area contributed by atoms with Gasteiger partial charge in [-0.15, -0.1) is 0 Å². The van der Waals surface area contributed by atoms with Crippen LogP contribution in [-0.2, 0) is 6.54 Å². The average molecular weight is 381 g/mol. The molecule has 0 aliphatic carbocycles. The molecule has 0 bridgehead atoms. The molecule has 0 spiro atoms. The average Bonchev–Trinajstić information content (AvgIpc) is 2.62. The van der Waals surface area contributed by atoms with Gasteiger partial charge in [0.05, 0.1) is 10.7 Å². The van der Waals surface area contributed by atoms with Gasteiger partial charge in [-0.3, -0.25) is 9.59 Å². The molecular formula is C22H21ClN2O2. The molecule has 0 fully saturated rings. The number of aromatic nitrogens is 1. The number of aryl methyl sites for hydroxylation is 2. The minimum Gasteiger partial charge on any atom is -0.344 e. The van der Waals surface area contributed by atoms with Crippen LogP contribution in [0.3, 0.4) is 0 Å². The van der Waals surface area contributed by atoms with Crippen molar-refractivity contribution < 1.29 is 4.79 Å². The van der Waals surface area contributed by atoms with E-state index in [2.05, 4.69) is 5.32 Å². The Labute approximate surface area is 163 Å². The quantitative estimate of drug-likeness (QED) is 0.711. The number of carbonyl (C=O) groups excluding carboxylic acids is 1. The first-order chi connectivity index (χ1) is 12.9. The number of rotatable bonds is 4. The monoisotopic (exact) mass is 380 g/mol. The number of pyridine rings is 1. The Morgan fingerprint density at radius 3 is 2.41 bits per heavy atom. The predicted octanol–water partition coefficient (Wildman–Crippen LogP) is 4.73. The van der Waals surface area contributed by atoms with Gasteiger partial charge < -0.3 is 9.88 Å². The van der Waals surface area contributed by atoms with E-state index >= 15 is 0 Å². The molecule has 1 N–H and O–H groups in total. The summed E-state index contributed by atoms with van der Waals surface area (Å²) in [6, 6.07) is 16.8. The molecule has 0 unspecified atom stereocenters. The maximum atomic E-state index is 12.9. The highest BCUT2D eigenvalue weighted by molar-refractivity contribution is 6.34. The number of hydrogen-bond acceptors (Lipinski definition) is 2. The molecule has 27 heavy (non-hydrogen) atoms. The number of amides is 1. The van der Waals surface area contributed by atoms with Gasteiger partial charge in [0, 0.05) is 24.0 Å². The fraction of sp³-hybridized carbons (Fsp3) is 0.182. The van der Waals surface area contributed by atoms with Gasteiger partial charge >= 0.3 is 0 Å². The van der Waals surface area contributed by atoms with E-state index in [1.807, 2.05) is 60.9 Å². The van der Waals surface area contributed by atoms with E-state index < -0.39 is 5.91 Å². The van der Waals surface area contributed by atoms with Crippen LogP contribution >= 0.6 is 11.6 Å². The number of benzene rings is 2. The Kier molecular flexibility index (Phi) is 5.47. The maximum Gasteiger partial charge on any atom is 0.261 e. The molecule has 0 saturated carbocycles. The molecule has 0 aliphatic rings. The maximum absolute atomic E-state index is 12.9. The van der Waals surface area contributed by atoms with Crippen molar-refractivity contribution in [3.63, 3.8) is 0 Å². The molecule has 1 heterocycles. The number of nitrogens with one attached hydrogen (secondary N) is 1. The molecular weight excluding hydrogens is 360 g/mol. The van der Waals surface area contributed by atoms with Crippen LogP contribution in [0.1, 0.15) is 32.9 Å². The zero-order valence-corrected chi connectivity index (χ0v) is 16.3. The number of halogens is 1. The van der Waals surface area contributed by atoms with Crippen molar-refractivity contribution >= 4 is 23.2 Å². The second-order valence-electron chi connectivity index (χ2n) is 6.57. The lowest BCUT2D eigenvalue weighted by Crippen LogP contribution is -2.27. The molecule has 3 aromatic rings. The molecule has 5 heteroatoms. The Morgan fingerprint density at radius 2 is 1.74 bits per heavy atom. The summed E-state index contributed by atoms with van der Waals surface area (Å²) < 4.78 is 1.98. The first kappa shape index (κ1) is 18.9. The lowest BCUT2D eigenvalue weighted by molar-refractivity contribution is 0.102. The second kappa shape index (κ2) is 7.80. The van der Waals surface area contributed by atoms with Crippen LogP contribution in [0, 0.1) is 20.8 Å². The third-order valence-corrected chi connectivity index (χ3v) is 4.96. The van der Waals surface area contributed by atoms with Crippen LogP contribution in [-0.4, -0.2) is 10.5 Å². The van der Waals surface area contributed by atoms with E-state index in [9.17, 15) is 9.59 Å². The molecule has 0 atom stereocenters. The van der Waals surface area contributed by atoms with Gasteiger partial charge in [0.2, 0.25) is 0 Å². The SMILES string of the molecule is Cc1cccc(Cl)c1NC(=O)c1c(C)n(Cc2ccccc2)c(C)cc1=O. The summed E-state index contributed by atoms with van der Waals surface area (Å²) in [5.41, 5.74) is 3.74. The first-order valence-electron chi connectivity index (χ1n) is 8.70. The lowest BCUT2D eigenvalue weighted by atomic mass is 10.1. The van der Waals surface area contributed by atoms with Crippen molar-refractivity contribution in [1.29, 1.82) is 0 Å². The Hall–Kier alpha value is -2.85. The van der Waals surface area contributed by atoms with Crippen LogP contribution in [0.2, 0.25) is 5.02 Å². The highest BCUT2D eigenvalue weighted by atomic mass is 35.5. The van der Waals surface area contributed by atoms with Crippen molar-refractivity contribution in [2.24, 2.45) is 0 Å². The number of carbonyl (C=O) groups is 1. The van der Waals surface area contributed by atoms with Crippen LogP contribution in [0.15, 0.2) is 59.4 Å². The van der Waals surface area contributed by atoms with E-state index in [0.29, 0.717) is 22.9 Å². The van der Waals surface area contributed by atoms with Crippen molar-refractivity contribution in [2.45, 2.75) is 27.3 Å². The predicted molar refractivity (Wildman–Crippen MR) is 110 cm³/mol. The van der Waals surface area contributed by atoms with Crippen molar-refractivity contribution in [3.8, 4) is 0 Å². The molecule has 0 saturated heterocycles. The van der Waals surface area contributed by atoms with Gasteiger partial charge in [-0.2, -0.15) is 0 Å². The first-order valence-corrected chi connectivity index (χ1v) is 9.07. The summed E-state index contributed by atoms with van der Waals surface area (Å²) >= 11 is 6.21. The van der Waals surface area contributed by atoms with Crippen molar-refractivity contribution in [3.05, 3.63) is 97.9 Å². The second-order valence-corrected chi connectivity index (χ2v) is 6.98. The van der Waals surface area contributed by atoms with Gasteiger partial charge in [-0.05, 0) is 38.0 Å². The van der Waals surface area contributed by atoms with Gasteiger partial charge in [0.1, 0.15) is 5.56 Å². The van der Waals surface area contributed by atoms with E-state index in [1.54, 1.807) is 13.0 Å². The van der Waals surface area contributed by atoms with Gasteiger partial charge in [0.15, 0.2) is 5.43 Å². The number of para-hydroxylation sites is 1. The number of nitrogens with zero attached hydrogens (tertiary/aromatic N) is 1. The Balaban J connectivity index is 2.01. The fourth-order valence-corrected chi connectivity index (χ4v) is 3.44. The van der Waals surface area contributed by atoms with Crippen LogP contribution in [0.4, 0.5) is 5.69 Å². The Morgan fingerprint density at radius 1 is 1.04 bits per heavy atom. The van der Waals surface area contributed by atoms with E-state index in [1.165, 1.54) is 6.07 Å². The summed E-state index contributed by atoms with van der Waals surface area (Å²) in [6.07, 6.45) is 0. The molecule has 2 aromatic carbocycles. The topological polar surface area (TPSA) is 51.1 Å². The van der Waals surface area contributed by atoms with E-state index in [0.717, 1.165) is 16.8 Å². The van der Waals surface area contributed by atoms with E-state index in [4.69, 9.17) is 11.6 Å². The standard InChI is InChI=1S/C22H21ClN2O2/c1-14-8-7-11-18(23)21(14)24-22(27)20-16(3)25(15(2)12-19(20)26)13-17-9-5-4-6-10-17/h4-12H,13H2,1-3H3,(H,24,27). The summed E-state index contributed by atoms with van der Waals surface area (Å²) in [5, 5.41) is 3.25. The summed E-state index contributed by atoms with van der Waals surface area (Å²) in [7, 11) is 0. The third kappa shape index (κ3) is 3.96. The fourth-order valence-electron chi connectivity index (χ4n) is 3.17. The largest absolute Gasteiger partial charge is 0.344 e. The molecule has 4 nitrogen and oxygen atoms in total. The molecule has 0 aliphatic heterocycles. The molecule has 1 aromatic heterocycles. The third-order valence-electron chi connectivity index (χ3n) is 4.65. The van der Waals surface area contributed by atoms with Gasteiger partial charge in [0.25, 0.3) is 5.91 Å². The van der Waals surface area contributed by atoms with Crippen LogP contribution < -0.4 is 10.7 Å². The highest BCUT2D eigenvalue weighted by Crippen LogP contribution is 2.26. The Bertz CT molecular complexity index is 1040. The minimum absolute atomic E-state index is 0.135. The van der Waals surface area contributed by atoms with Crippen LogP contribution in [0.5, 0.6) is 0 Å². The van der Waals surface area contributed by atoms with E-state index in [-0.39, 0.29) is 11.0 Å². The normalized spacial score (nSPS) is 10.7. The molecule has 3 rings (SSSR count). The molecule has 138 valence electrons. The minimum atomic E-state index is -0.449. The van der Waals surface area contributed by atoms with Gasteiger partial charge in [-0.25, -0.2) is 0 Å².